The van der Waals surface area contributed by atoms with E-state index in [1.54, 1.807) is 26.0 Å². The minimum absolute atomic E-state index is 0.407. The van der Waals surface area contributed by atoms with Crippen LogP contribution in [0.4, 0.5) is 17.5 Å². The number of benzene rings is 1. The molecule has 0 saturated heterocycles. The lowest BCUT2D eigenvalue weighted by Gasteiger charge is -2.23. The molecule has 0 aliphatic heterocycles. The monoisotopic (exact) mass is 457 g/mol. The van der Waals surface area contributed by atoms with Gasteiger partial charge in [-0.3, -0.25) is 0 Å². The topological polar surface area (TPSA) is 114 Å². The first kappa shape index (κ1) is 22.6. The number of aliphatic hydroxyl groups is 1. The molecule has 3 aromatic rings. The number of halogens is 1. The summed E-state index contributed by atoms with van der Waals surface area (Å²) in [5.41, 5.74) is 8.48. The van der Waals surface area contributed by atoms with Crippen LogP contribution in [0.1, 0.15) is 64.0 Å². The van der Waals surface area contributed by atoms with Gasteiger partial charge in [-0.2, -0.15) is 9.97 Å². The second-order valence-corrected chi connectivity index (χ2v) is 9.63. The first-order valence-electron chi connectivity index (χ1n) is 11.3. The Bertz CT molecular complexity index is 1070. The van der Waals surface area contributed by atoms with Crippen LogP contribution in [0.15, 0.2) is 24.5 Å². The third-order valence-electron chi connectivity index (χ3n) is 5.96. The molecule has 0 radical (unpaired) electrons. The van der Waals surface area contributed by atoms with Crippen LogP contribution in [-0.4, -0.2) is 36.8 Å². The Morgan fingerprint density at radius 3 is 2.72 bits per heavy atom. The smallest absolute Gasteiger partial charge is 0.226 e. The molecule has 1 aromatic carbocycles. The molecule has 32 heavy (non-hydrogen) atoms. The first-order valence-corrected chi connectivity index (χ1v) is 11.7. The summed E-state index contributed by atoms with van der Waals surface area (Å²) in [5, 5.41) is 17.3. The summed E-state index contributed by atoms with van der Waals surface area (Å²) >= 11 is 6.15. The van der Waals surface area contributed by atoms with Gasteiger partial charge in [0.1, 0.15) is 0 Å². The van der Waals surface area contributed by atoms with E-state index in [-0.39, 0.29) is 0 Å². The highest BCUT2D eigenvalue weighted by atomic mass is 35.5. The minimum atomic E-state index is -0.758. The molecule has 5 N–H and O–H groups in total. The average molecular weight is 458 g/mol. The zero-order chi connectivity index (χ0) is 22.7. The fourth-order valence-corrected chi connectivity index (χ4v) is 4.33. The number of rotatable bonds is 8. The summed E-state index contributed by atoms with van der Waals surface area (Å²) in [7, 11) is 0. The van der Waals surface area contributed by atoms with Crippen molar-refractivity contribution in [1.29, 1.82) is 0 Å². The van der Waals surface area contributed by atoms with Crippen molar-refractivity contribution in [1.82, 2.24) is 19.5 Å². The summed E-state index contributed by atoms with van der Waals surface area (Å²) in [6, 6.07) is 5.84. The summed E-state index contributed by atoms with van der Waals surface area (Å²) in [6.07, 6.45) is 8.48. The third-order valence-corrected chi connectivity index (χ3v) is 6.20. The highest BCUT2D eigenvalue weighted by Gasteiger charge is 2.21. The normalized spacial score (nSPS) is 15.2. The number of nitrogens with one attached hydrogen (secondary N) is 2. The van der Waals surface area contributed by atoms with E-state index in [0.29, 0.717) is 48.0 Å². The van der Waals surface area contributed by atoms with Crippen LogP contribution in [-0.2, 0) is 6.54 Å². The molecule has 2 aromatic heterocycles. The van der Waals surface area contributed by atoms with Crippen molar-refractivity contribution in [2.75, 3.05) is 22.9 Å². The summed E-state index contributed by atoms with van der Waals surface area (Å²) in [5.74, 6) is 1.16. The van der Waals surface area contributed by atoms with Gasteiger partial charge in [0.2, 0.25) is 5.95 Å². The Hall–Kier alpha value is -2.58. The number of anilines is 3. The molecule has 0 unspecified atom stereocenters. The fraction of sp³-hybridized carbons (Fsp3) is 0.522. The SMILES string of the molecule is CC(C)(O)CCNc1nc(NCc2cc(Cl)ccc2N)c2ncn(C3CCCCC3)c2n1. The molecule has 0 spiro atoms. The van der Waals surface area contributed by atoms with Crippen molar-refractivity contribution in [3.8, 4) is 0 Å². The van der Waals surface area contributed by atoms with E-state index in [9.17, 15) is 5.11 Å². The minimum Gasteiger partial charge on any atom is -0.398 e. The van der Waals surface area contributed by atoms with Gasteiger partial charge < -0.3 is 26.0 Å². The zero-order valence-electron chi connectivity index (χ0n) is 18.7. The Kier molecular flexibility index (Phi) is 6.71. The largest absolute Gasteiger partial charge is 0.398 e. The number of hydrogen-bond donors (Lipinski definition) is 4. The van der Waals surface area contributed by atoms with Crippen LogP contribution >= 0.6 is 11.6 Å². The van der Waals surface area contributed by atoms with Crippen molar-refractivity contribution in [3.63, 3.8) is 0 Å². The molecule has 1 aliphatic carbocycles. The van der Waals surface area contributed by atoms with Crippen molar-refractivity contribution in [3.05, 3.63) is 35.1 Å². The van der Waals surface area contributed by atoms with E-state index in [2.05, 4.69) is 25.2 Å². The van der Waals surface area contributed by atoms with Crippen LogP contribution in [0.3, 0.4) is 0 Å². The van der Waals surface area contributed by atoms with E-state index >= 15 is 0 Å². The maximum Gasteiger partial charge on any atom is 0.226 e. The summed E-state index contributed by atoms with van der Waals surface area (Å²) < 4.78 is 2.19. The van der Waals surface area contributed by atoms with Crippen molar-refractivity contribution < 1.29 is 5.11 Å². The Morgan fingerprint density at radius 2 is 1.97 bits per heavy atom. The third kappa shape index (κ3) is 5.42. The van der Waals surface area contributed by atoms with Gasteiger partial charge in [0, 0.05) is 29.8 Å². The number of nitrogen functional groups attached to an aromatic ring is 1. The predicted octanol–water partition coefficient (Wildman–Crippen LogP) is 4.75. The molecule has 8 nitrogen and oxygen atoms in total. The van der Waals surface area contributed by atoms with Gasteiger partial charge in [0.15, 0.2) is 17.0 Å². The van der Waals surface area contributed by atoms with E-state index in [4.69, 9.17) is 22.3 Å². The number of hydrogen-bond acceptors (Lipinski definition) is 7. The van der Waals surface area contributed by atoms with Gasteiger partial charge in [-0.15, -0.1) is 0 Å². The molecule has 1 fully saturated rings. The highest BCUT2D eigenvalue weighted by molar-refractivity contribution is 6.30. The molecule has 4 rings (SSSR count). The Morgan fingerprint density at radius 1 is 1.19 bits per heavy atom. The molecule has 0 amide bonds. The molecular formula is C23H32ClN7O. The van der Waals surface area contributed by atoms with Crippen LogP contribution in [0.5, 0.6) is 0 Å². The number of imidazole rings is 1. The van der Waals surface area contributed by atoms with Crippen molar-refractivity contribution in [2.45, 2.75) is 70.6 Å². The molecule has 0 atom stereocenters. The van der Waals surface area contributed by atoms with E-state index < -0.39 is 5.60 Å². The molecule has 1 saturated carbocycles. The van der Waals surface area contributed by atoms with Gasteiger partial charge in [-0.25, -0.2) is 4.98 Å². The van der Waals surface area contributed by atoms with Crippen LogP contribution < -0.4 is 16.4 Å². The lowest BCUT2D eigenvalue weighted by atomic mass is 9.95. The lowest BCUT2D eigenvalue weighted by molar-refractivity contribution is 0.0748. The maximum atomic E-state index is 10.0. The maximum absolute atomic E-state index is 10.0. The van der Waals surface area contributed by atoms with Gasteiger partial charge in [-0.05, 0) is 56.9 Å². The first-order chi connectivity index (χ1) is 15.3. The number of fused-ring (bicyclic) bond motifs is 1. The van der Waals surface area contributed by atoms with Crippen LogP contribution in [0.2, 0.25) is 5.02 Å². The number of aromatic nitrogens is 4. The fourth-order valence-electron chi connectivity index (χ4n) is 4.13. The van der Waals surface area contributed by atoms with Gasteiger partial charge in [0.05, 0.1) is 11.9 Å². The standard InChI is InChI=1S/C23H32ClN7O/c1-23(2,32)10-11-26-22-29-20(27-13-15-12-16(24)8-9-18(15)25)19-21(30-22)31(14-28-19)17-6-4-3-5-7-17/h8-9,12,14,17,32H,3-7,10-11,13,25H2,1-2H3,(H2,26,27,29,30). The van der Waals surface area contributed by atoms with Gasteiger partial charge in [-0.1, -0.05) is 30.9 Å². The summed E-state index contributed by atoms with van der Waals surface area (Å²) in [6.45, 7) is 4.61. The van der Waals surface area contributed by atoms with Crippen molar-refractivity contribution >= 4 is 40.2 Å². The molecule has 9 heteroatoms. The van der Waals surface area contributed by atoms with Crippen LogP contribution in [0.25, 0.3) is 11.2 Å². The zero-order valence-corrected chi connectivity index (χ0v) is 19.5. The summed E-state index contributed by atoms with van der Waals surface area (Å²) in [4.78, 5) is 14.1. The average Bonchev–Trinajstić information content (AvgIpc) is 3.18. The second-order valence-electron chi connectivity index (χ2n) is 9.20. The Balaban J connectivity index is 1.64. The Labute approximate surface area is 193 Å². The van der Waals surface area contributed by atoms with E-state index in [1.807, 2.05) is 12.4 Å². The van der Waals surface area contributed by atoms with Gasteiger partial charge in [0.25, 0.3) is 0 Å². The van der Waals surface area contributed by atoms with Crippen LogP contribution in [0, 0.1) is 0 Å². The lowest BCUT2D eigenvalue weighted by Crippen LogP contribution is -2.23. The predicted molar refractivity (Wildman–Crippen MR) is 130 cm³/mol. The highest BCUT2D eigenvalue weighted by Crippen LogP contribution is 2.32. The van der Waals surface area contributed by atoms with E-state index in [1.165, 1.54) is 19.3 Å². The molecule has 0 bridgehead atoms. The molecule has 2 heterocycles. The number of nitrogens with two attached hydrogens (primary N) is 1. The van der Waals surface area contributed by atoms with Crippen molar-refractivity contribution in [2.24, 2.45) is 0 Å². The molecule has 1 aliphatic rings. The quantitative estimate of drug-likeness (QED) is 0.361. The molecule has 172 valence electrons. The van der Waals surface area contributed by atoms with Gasteiger partial charge >= 0.3 is 0 Å². The molecular weight excluding hydrogens is 426 g/mol. The number of nitrogens with zero attached hydrogens (tertiary/aromatic N) is 4. The second kappa shape index (κ2) is 9.50. The van der Waals surface area contributed by atoms with E-state index in [0.717, 1.165) is 29.6 Å².